The van der Waals surface area contributed by atoms with Gasteiger partial charge in [-0.25, -0.2) is 0 Å². The zero-order chi connectivity index (χ0) is 14.2. The van der Waals surface area contributed by atoms with E-state index >= 15 is 0 Å². The lowest BCUT2D eigenvalue weighted by molar-refractivity contribution is 0.303. The second kappa shape index (κ2) is 8.11. The number of rotatable bonds is 9. The zero-order valence-corrected chi connectivity index (χ0v) is 12.7. The van der Waals surface area contributed by atoms with E-state index in [0.29, 0.717) is 6.04 Å². The molecule has 1 aliphatic rings. The number of ether oxygens (including phenoxy) is 1. The van der Waals surface area contributed by atoms with Crippen molar-refractivity contribution in [2.45, 2.75) is 51.5 Å². The van der Waals surface area contributed by atoms with Crippen LogP contribution in [0.1, 0.15) is 56.2 Å². The predicted molar refractivity (Wildman–Crippen MR) is 85.3 cm³/mol. The molecule has 1 unspecified atom stereocenters. The second-order valence-electron chi connectivity index (χ2n) is 5.46. The number of allylic oxidation sites excluding steroid dienone is 1. The molecule has 0 aliphatic heterocycles. The molecule has 1 atom stereocenters. The van der Waals surface area contributed by atoms with Gasteiger partial charge in [-0.3, -0.25) is 0 Å². The maximum Gasteiger partial charge on any atom is 0.122 e. The molecule has 0 saturated heterocycles. The molecule has 0 bridgehead atoms. The first kappa shape index (κ1) is 15.1. The molecule has 1 aromatic carbocycles. The van der Waals surface area contributed by atoms with Gasteiger partial charge in [-0.05, 0) is 62.3 Å². The first-order chi connectivity index (χ1) is 9.86. The lowest BCUT2D eigenvalue weighted by Gasteiger charge is -2.14. The van der Waals surface area contributed by atoms with Crippen LogP contribution in [0.2, 0.25) is 0 Å². The van der Waals surface area contributed by atoms with Crippen LogP contribution in [-0.2, 0) is 6.42 Å². The number of nitrogens with one attached hydrogen (secondary N) is 1. The van der Waals surface area contributed by atoms with Gasteiger partial charge >= 0.3 is 0 Å². The number of fused-ring (bicyclic) bond motifs is 1. The van der Waals surface area contributed by atoms with Crippen molar-refractivity contribution >= 4 is 0 Å². The zero-order valence-electron chi connectivity index (χ0n) is 12.7. The fraction of sp³-hybridized carbons (Fsp3) is 0.556. The van der Waals surface area contributed by atoms with Crippen molar-refractivity contribution in [3.8, 4) is 5.75 Å². The number of benzene rings is 1. The summed E-state index contributed by atoms with van der Waals surface area (Å²) in [5.74, 6) is 1.10. The van der Waals surface area contributed by atoms with Crippen molar-refractivity contribution in [1.82, 2.24) is 5.32 Å². The summed E-state index contributed by atoms with van der Waals surface area (Å²) >= 11 is 0. The van der Waals surface area contributed by atoms with Gasteiger partial charge in [0, 0.05) is 6.04 Å². The van der Waals surface area contributed by atoms with E-state index in [1.54, 1.807) is 0 Å². The minimum atomic E-state index is 0.520. The average molecular weight is 273 g/mol. The van der Waals surface area contributed by atoms with Crippen molar-refractivity contribution in [2.24, 2.45) is 0 Å². The van der Waals surface area contributed by atoms with Crippen LogP contribution < -0.4 is 10.1 Å². The molecule has 1 N–H and O–H groups in total. The third-order valence-electron chi connectivity index (χ3n) is 3.99. The third kappa shape index (κ3) is 3.86. The minimum Gasteiger partial charge on any atom is -0.493 e. The summed E-state index contributed by atoms with van der Waals surface area (Å²) in [6.45, 7) is 7.78. The highest BCUT2D eigenvalue weighted by Crippen LogP contribution is 2.36. The molecule has 20 heavy (non-hydrogen) atoms. The van der Waals surface area contributed by atoms with Crippen LogP contribution in [0.25, 0.3) is 0 Å². The standard InChI is InChI=1S/C18H27NO/c1-3-5-6-7-8-14-20-18-11-9-10-15-16(18)12-13-17(15)19-4-2/h3,9-11,17,19H,1,4-8,12-14H2,2H3. The Labute approximate surface area is 123 Å². The Morgan fingerprint density at radius 1 is 1.35 bits per heavy atom. The Hall–Kier alpha value is -1.28. The van der Waals surface area contributed by atoms with Gasteiger partial charge in [-0.1, -0.05) is 25.1 Å². The number of hydrogen-bond acceptors (Lipinski definition) is 2. The summed E-state index contributed by atoms with van der Waals surface area (Å²) in [6.07, 6.45) is 9.02. The molecule has 0 fully saturated rings. The lowest BCUT2D eigenvalue weighted by atomic mass is 10.1. The van der Waals surface area contributed by atoms with Gasteiger partial charge in [0.05, 0.1) is 6.61 Å². The van der Waals surface area contributed by atoms with Gasteiger partial charge < -0.3 is 10.1 Å². The second-order valence-corrected chi connectivity index (χ2v) is 5.46. The summed E-state index contributed by atoms with van der Waals surface area (Å²) in [7, 11) is 0. The van der Waals surface area contributed by atoms with Crippen molar-refractivity contribution in [3.05, 3.63) is 42.0 Å². The van der Waals surface area contributed by atoms with Gasteiger partial charge in [0.1, 0.15) is 5.75 Å². The van der Waals surface area contributed by atoms with E-state index in [1.165, 1.54) is 30.4 Å². The molecule has 0 saturated carbocycles. The molecule has 0 spiro atoms. The summed E-state index contributed by atoms with van der Waals surface area (Å²) < 4.78 is 6.00. The highest BCUT2D eigenvalue weighted by Gasteiger charge is 2.24. The van der Waals surface area contributed by atoms with Crippen LogP contribution in [0.15, 0.2) is 30.9 Å². The Bertz CT molecular complexity index is 427. The molecule has 0 aromatic heterocycles. The Morgan fingerprint density at radius 3 is 3.05 bits per heavy atom. The first-order valence-electron chi connectivity index (χ1n) is 7.95. The van der Waals surface area contributed by atoms with E-state index in [2.05, 4.69) is 37.0 Å². The number of unbranched alkanes of at least 4 members (excludes halogenated alkanes) is 3. The van der Waals surface area contributed by atoms with Crippen LogP contribution in [0, 0.1) is 0 Å². The van der Waals surface area contributed by atoms with Gasteiger partial charge in [-0.15, -0.1) is 6.58 Å². The van der Waals surface area contributed by atoms with Crippen LogP contribution in [0.3, 0.4) is 0 Å². The van der Waals surface area contributed by atoms with E-state index in [0.717, 1.165) is 38.2 Å². The topological polar surface area (TPSA) is 21.3 Å². The molecular weight excluding hydrogens is 246 g/mol. The summed E-state index contributed by atoms with van der Waals surface area (Å²) in [5.41, 5.74) is 2.86. The van der Waals surface area contributed by atoms with Gasteiger partial charge in [0.25, 0.3) is 0 Å². The van der Waals surface area contributed by atoms with Gasteiger partial charge in [-0.2, -0.15) is 0 Å². The van der Waals surface area contributed by atoms with Gasteiger partial charge in [0.2, 0.25) is 0 Å². The van der Waals surface area contributed by atoms with E-state index in [-0.39, 0.29) is 0 Å². The molecule has 2 heteroatoms. The Balaban J connectivity index is 1.85. The lowest BCUT2D eigenvalue weighted by Crippen LogP contribution is -2.18. The predicted octanol–water partition coefficient (Wildman–Crippen LogP) is 4.41. The van der Waals surface area contributed by atoms with E-state index in [1.807, 2.05) is 6.08 Å². The van der Waals surface area contributed by atoms with E-state index in [4.69, 9.17) is 4.74 Å². The molecule has 2 nitrogen and oxygen atoms in total. The third-order valence-corrected chi connectivity index (χ3v) is 3.99. The summed E-state index contributed by atoms with van der Waals surface area (Å²) in [4.78, 5) is 0. The fourth-order valence-corrected chi connectivity index (χ4v) is 2.96. The minimum absolute atomic E-state index is 0.520. The SMILES string of the molecule is C=CCCCCCOc1cccc2c1CCC2NCC. The molecule has 110 valence electrons. The Morgan fingerprint density at radius 2 is 2.25 bits per heavy atom. The number of hydrogen-bond donors (Lipinski definition) is 1. The molecule has 0 radical (unpaired) electrons. The first-order valence-corrected chi connectivity index (χ1v) is 7.95. The summed E-state index contributed by atoms with van der Waals surface area (Å²) in [5, 5.41) is 3.55. The van der Waals surface area contributed by atoms with Crippen LogP contribution in [-0.4, -0.2) is 13.2 Å². The van der Waals surface area contributed by atoms with Crippen molar-refractivity contribution in [2.75, 3.05) is 13.2 Å². The van der Waals surface area contributed by atoms with Crippen molar-refractivity contribution in [1.29, 1.82) is 0 Å². The molecule has 1 aliphatic carbocycles. The maximum atomic E-state index is 6.00. The van der Waals surface area contributed by atoms with E-state index in [9.17, 15) is 0 Å². The van der Waals surface area contributed by atoms with Crippen molar-refractivity contribution in [3.63, 3.8) is 0 Å². The molecule has 1 aromatic rings. The monoisotopic (exact) mass is 273 g/mol. The van der Waals surface area contributed by atoms with Crippen LogP contribution in [0.4, 0.5) is 0 Å². The molecule has 0 heterocycles. The maximum absolute atomic E-state index is 6.00. The van der Waals surface area contributed by atoms with Gasteiger partial charge in [0.15, 0.2) is 0 Å². The molecule has 2 rings (SSSR count). The highest BCUT2D eigenvalue weighted by atomic mass is 16.5. The average Bonchev–Trinajstić information content (AvgIpc) is 2.87. The smallest absolute Gasteiger partial charge is 0.122 e. The normalized spacial score (nSPS) is 16.9. The van der Waals surface area contributed by atoms with E-state index < -0.39 is 0 Å². The largest absolute Gasteiger partial charge is 0.493 e. The fourth-order valence-electron chi connectivity index (χ4n) is 2.96. The van der Waals surface area contributed by atoms with Crippen LogP contribution >= 0.6 is 0 Å². The van der Waals surface area contributed by atoms with Crippen LogP contribution in [0.5, 0.6) is 5.75 Å². The highest BCUT2D eigenvalue weighted by molar-refractivity contribution is 5.45. The molecule has 0 amide bonds. The Kier molecular flexibility index (Phi) is 6.13. The van der Waals surface area contributed by atoms with Crippen molar-refractivity contribution < 1.29 is 4.74 Å². The molecular formula is C18H27NO. The summed E-state index contributed by atoms with van der Waals surface area (Å²) in [6, 6.07) is 7.01. The quantitative estimate of drug-likeness (QED) is 0.531.